The van der Waals surface area contributed by atoms with Crippen molar-refractivity contribution >= 4 is 103 Å². The average Bonchev–Trinajstić information content (AvgIpc) is 1.66. The maximum absolute atomic E-state index is 13.1. The highest BCUT2D eigenvalue weighted by molar-refractivity contribution is 14.1. The van der Waals surface area contributed by atoms with Crippen LogP contribution in [0.5, 0.6) is 46.0 Å². The minimum atomic E-state index is -0.588. The second kappa shape index (κ2) is 38.2. The maximum atomic E-state index is 13.1. The number of methoxy groups -OCH3 is 2. The third kappa shape index (κ3) is 19.6. The van der Waals surface area contributed by atoms with Gasteiger partial charge in [0.15, 0.2) is 23.0 Å². The first-order chi connectivity index (χ1) is 52.6. The predicted molar refractivity (Wildman–Crippen MR) is 424 cm³/mol. The van der Waals surface area contributed by atoms with Crippen LogP contribution in [0.25, 0.3) is 0 Å². The molecule has 0 saturated carbocycles. The molecule has 0 fully saturated rings. The highest BCUT2D eigenvalue weighted by atomic mass is 127. The van der Waals surface area contributed by atoms with Crippen molar-refractivity contribution < 1.29 is 67.2 Å². The van der Waals surface area contributed by atoms with E-state index in [2.05, 4.69) is 84.1 Å². The first kappa shape index (κ1) is 76.9. The molecule has 0 atom stereocenters. The van der Waals surface area contributed by atoms with Gasteiger partial charge in [-0.05, 0) is 192 Å². The number of anilines is 4. The zero-order valence-corrected chi connectivity index (χ0v) is 61.5. The minimum absolute atomic E-state index is 0.138. The molecular weight excluding hydrogens is 1550 g/mol. The number of rotatable bonds is 6. The number of halogens is 2. The predicted octanol–water partition coefficient (Wildman–Crippen LogP) is 17.1. The van der Waals surface area contributed by atoms with Crippen LogP contribution in [-0.2, 0) is 9.47 Å². The molecule has 0 radical (unpaired) electrons. The van der Waals surface area contributed by atoms with Gasteiger partial charge in [0.25, 0.3) is 29.5 Å². The lowest BCUT2D eigenvalue weighted by Gasteiger charge is -2.19. The highest BCUT2D eigenvalue weighted by Crippen LogP contribution is 2.42. The van der Waals surface area contributed by atoms with Crippen LogP contribution in [0.15, 0.2) is 267 Å². The van der Waals surface area contributed by atoms with E-state index in [9.17, 15) is 33.6 Å². The van der Waals surface area contributed by atoms with Crippen LogP contribution in [-0.4, -0.2) is 85.9 Å². The molecule has 0 spiro atoms. The molecule has 0 unspecified atom stereocenters. The van der Waals surface area contributed by atoms with E-state index in [0.29, 0.717) is 119 Å². The summed E-state index contributed by atoms with van der Waals surface area (Å²) in [6, 6.07) is 78.7. The fourth-order valence-electron chi connectivity index (χ4n) is 10.6. The van der Waals surface area contributed by atoms with Crippen molar-refractivity contribution in [2.24, 2.45) is 0 Å². The van der Waals surface area contributed by atoms with E-state index < -0.39 is 11.9 Å². The van der Waals surface area contributed by atoms with Gasteiger partial charge in [0, 0.05) is 20.3 Å². The molecule has 108 heavy (non-hydrogen) atoms. The van der Waals surface area contributed by atoms with Gasteiger partial charge >= 0.3 is 11.9 Å². The fourth-order valence-corrected chi connectivity index (χ4v) is 11.0. The van der Waals surface area contributed by atoms with Gasteiger partial charge in [-0.2, -0.15) is 0 Å². The van der Waals surface area contributed by atoms with Crippen LogP contribution in [0.3, 0.4) is 0 Å². The van der Waals surface area contributed by atoms with Crippen LogP contribution in [0.1, 0.15) is 83.6 Å². The number of hydrogen-bond acceptors (Lipinski definition) is 14. The molecule has 0 aliphatic carbocycles. The molecular formula is C87H63BrIN5O14. The summed E-state index contributed by atoms with van der Waals surface area (Å²) in [6.45, 7) is 0.590. The Morgan fingerprint density at radius 3 is 1.12 bits per heavy atom. The zero-order valence-electron chi connectivity index (χ0n) is 57.7. The minimum Gasteiger partial charge on any atom is -0.465 e. The number of carbonyl (C=O) groups is 7. The average molecular weight is 1610 g/mol. The number of hydrogen-bond donors (Lipinski definition) is 3. The van der Waals surface area contributed by atoms with Gasteiger partial charge in [0.05, 0.1) is 95.3 Å². The lowest BCUT2D eigenvalue weighted by Crippen LogP contribution is -2.30. The largest absolute Gasteiger partial charge is 0.465 e. The number of amides is 5. The lowest BCUT2D eigenvalue weighted by molar-refractivity contribution is 0.0592. The van der Waals surface area contributed by atoms with Crippen molar-refractivity contribution in [2.45, 2.75) is 0 Å². The Bertz CT molecular complexity index is 5180. The number of alkyl halides is 1. The van der Waals surface area contributed by atoms with E-state index in [-0.39, 0.29) is 49.2 Å². The summed E-state index contributed by atoms with van der Waals surface area (Å²) in [5.41, 5.74) is 9.15. The quantitative estimate of drug-likeness (QED) is 0.0351. The van der Waals surface area contributed by atoms with Crippen molar-refractivity contribution in [3.8, 4) is 94.4 Å². The van der Waals surface area contributed by atoms with Gasteiger partial charge in [-0.3, -0.25) is 43.9 Å². The van der Waals surface area contributed by atoms with Crippen LogP contribution in [0, 0.1) is 51.9 Å². The molecule has 11 aromatic carbocycles. The van der Waals surface area contributed by atoms with Crippen molar-refractivity contribution in [3.63, 3.8) is 0 Å². The van der Waals surface area contributed by atoms with Gasteiger partial charge in [0.2, 0.25) is 0 Å². The molecule has 4 aliphatic rings. The van der Waals surface area contributed by atoms with Crippen molar-refractivity contribution in [2.75, 3.05) is 59.2 Å². The van der Waals surface area contributed by atoms with E-state index >= 15 is 0 Å². The van der Waals surface area contributed by atoms with Gasteiger partial charge < -0.3 is 33.7 Å². The Morgan fingerprint density at radius 1 is 0.426 bits per heavy atom. The normalized spacial score (nSPS) is 11.7. The molecule has 4 heterocycles. The number of ether oxygens (including phenoxy) is 6. The molecule has 15 rings (SSSR count). The van der Waals surface area contributed by atoms with Crippen LogP contribution >= 0.6 is 38.5 Å². The summed E-state index contributed by atoms with van der Waals surface area (Å²) >= 11 is 5.19. The van der Waals surface area contributed by atoms with E-state index in [4.69, 9.17) is 41.7 Å². The van der Waals surface area contributed by atoms with Crippen LogP contribution in [0.2, 0.25) is 0 Å². The SMILES string of the molecule is C#CCBr.C#CCN1C(=O)c2ccccc2Oc2ccccc21.COC(=O)c1ccc(C#CCN2C(=O)c3ccccc3Oc3ccccc32)cc1.COC(=O)c1ccc(I)cc1.O=C(NO)c1ccc(C#CCN2C(=O)c3ccccc3Oc3ccccc32)cc1.O=C1Nc2ccccc2Oc2ccccc21. The number of terminal acetylenes is 2. The zero-order chi connectivity index (χ0) is 76.3. The standard InChI is InChI=1S/C24H17NO4.C23H16N2O4.C16H11NO2.C13H9NO2.C8H7IO2.C3H3Br/c1-28-24(27)18-14-12-17(13-15-18)7-6-16-25-20-9-3-5-11-22(20)29-21-10-4-2-8-19(21)23(25)26;26-22(24-28)17-13-11-16(12-14-17)6-5-15-25-19-8-2-4-10-21(19)29-20-9-3-1-7-18(20)23(25)27;1-2-11-17-13-8-4-6-10-15(13)19-14-9-5-3-7-12(14)16(17)18;15-13-9-5-1-3-7-11(9)16-12-8-4-2-6-10(12)14-13;1-11-8(10)6-2-4-7(9)5-3-6;1-2-3-4/h2-5,8-15H,16H2,1H3;1-4,7-14,28H,15H2,(H,24,26);1,3-10H,11H2;1-8H,(H,14,15);2-5H,1H3;1H,3H2. The number of hydroxylamine groups is 1. The summed E-state index contributed by atoms with van der Waals surface area (Å²) in [5.74, 6) is 19.7. The molecule has 5 amide bonds. The fraction of sp³-hybridized carbons (Fsp3) is 0.0690. The van der Waals surface area contributed by atoms with E-state index in [1.165, 1.54) is 14.2 Å². The molecule has 21 heteroatoms. The molecule has 3 N–H and O–H groups in total. The second-order valence-corrected chi connectivity index (χ2v) is 24.5. The van der Waals surface area contributed by atoms with E-state index in [1.807, 2.05) is 152 Å². The highest BCUT2D eigenvalue weighted by Gasteiger charge is 2.30. The van der Waals surface area contributed by atoms with Crippen LogP contribution < -0.4 is 44.4 Å². The Balaban J connectivity index is 0.000000147. The number of benzene rings is 11. The summed E-state index contributed by atoms with van der Waals surface area (Å²) in [4.78, 5) is 89.2. The molecule has 4 aliphatic heterocycles. The van der Waals surface area contributed by atoms with Gasteiger partial charge in [-0.1, -0.05) is 149 Å². The number of nitrogens with one attached hydrogen (secondary N) is 2. The second-order valence-electron chi connectivity index (χ2n) is 22.7. The Kier molecular flexibility index (Phi) is 27.2. The van der Waals surface area contributed by atoms with Gasteiger partial charge in [-0.25, -0.2) is 15.1 Å². The van der Waals surface area contributed by atoms with Gasteiger partial charge in [0.1, 0.15) is 23.0 Å². The first-order valence-corrected chi connectivity index (χ1v) is 35.0. The Hall–Kier alpha value is -13.7. The maximum Gasteiger partial charge on any atom is 0.337 e. The number of fused-ring (bicyclic) bond motifs is 8. The summed E-state index contributed by atoms with van der Waals surface area (Å²) < 4.78 is 33.7. The topological polar surface area (TPSA) is 229 Å². The number of esters is 2. The summed E-state index contributed by atoms with van der Waals surface area (Å²) in [6.07, 6.45) is 10.1. The smallest absolute Gasteiger partial charge is 0.337 e. The molecule has 0 saturated heterocycles. The number of carbonyl (C=O) groups excluding carboxylic acids is 7. The molecule has 534 valence electrons. The van der Waals surface area contributed by atoms with Crippen molar-refractivity contribution in [1.29, 1.82) is 0 Å². The van der Waals surface area contributed by atoms with Crippen LogP contribution in [0.4, 0.5) is 22.7 Å². The number of nitrogens with zero attached hydrogens (tertiary/aromatic N) is 3. The summed E-state index contributed by atoms with van der Waals surface area (Å²) in [7, 11) is 2.72. The third-order valence-electron chi connectivity index (χ3n) is 15.8. The van der Waals surface area contributed by atoms with Crippen molar-refractivity contribution in [3.05, 3.63) is 321 Å². The first-order valence-electron chi connectivity index (χ1n) is 32.8. The summed E-state index contributed by atoms with van der Waals surface area (Å²) in [5, 5.41) is 12.1. The molecule has 11 aromatic rings. The van der Waals surface area contributed by atoms with Crippen molar-refractivity contribution in [1.82, 2.24) is 5.48 Å². The monoisotopic (exact) mass is 1610 g/mol. The molecule has 19 nitrogen and oxygen atoms in total. The lowest BCUT2D eigenvalue weighted by atomic mass is 10.1. The third-order valence-corrected chi connectivity index (χ3v) is 16.8. The van der Waals surface area contributed by atoms with E-state index in [1.54, 1.807) is 135 Å². The Morgan fingerprint density at radius 2 is 0.741 bits per heavy atom. The number of para-hydroxylation sites is 12. The van der Waals surface area contributed by atoms with Gasteiger partial charge in [-0.15, -0.1) is 12.8 Å². The molecule has 0 bridgehead atoms. The van der Waals surface area contributed by atoms with E-state index in [0.717, 1.165) is 9.13 Å². The Labute approximate surface area is 645 Å². The molecule has 0 aromatic heterocycles.